The topological polar surface area (TPSA) is 38.7 Å². The van der Waals surface area contributed by atoms with Crippen molar-refractivity contribution in [3.63, 3.8) is 0 Å². The Morgan fingerprint density at radius 3 is 2.72 bits per heavy atom. The first-order chi connectivity index (χ1) is 8.69. The van der Waals surface area contributed by atoms with Crippen LogP contribution in [0.4, 0.5) is 0 Å². The van der Waals surface area contributed by atoms with Crippen molar-refractivity contribution in [2.45, 2.75) is 39.2 Å². The molecule has 0 saturated heterocycles. The number of benzene rings is 1. The fourth-order valence-electron chi connectivity index (χ4n) is 2.45. The van der Waals surface area contributed by atoms with Crippen LogP contribution in [0.2, 0.25) is 0 Å². The molecule has 1 aliphatic carbocycles. The molecule has 0 spiro atoms. The lowest BCUT2D eigenvalue weighted by Crippen LogP contribution is -2.13. The zero-order valence-corrected chi connectivity index (χ0v) is 12.4. The molecular formula is C14H19BrO3. The van der Waals surface area contributed by atoms with Crippen LogP contribution >= 0.6 is 15.9 Å². The van der Waals surface area contributed by atoms with Crippen LogP contribution in [0.25, 0.3) is 0 Å². The van der Waals surface area contributed by atoms with Gasteiger partial charge in [-0.25, -0.2) is 0 Å². The fraction of sp³-hybridized carbons (Fsp3) is 0.571. The predicted octanol–water partition coefficient (Wildman–Crippen LogP) is 3.62. The van der Waals surface area contributed by atoms with Crippen molar-refractivity contribution < 1.29 is 14.6 Å². The Morgan fingerprint density at radius 2 is 2.06 bits per heavy atom. The monoisotopic (exact) mass is 314 g/mol. The zero-order chi connectivity index (χ0) is 13.1. The largest absolute Gasteiger partial charge is 0.490 e. The average Bonchev–Trinajstić information content (AvgIpc) is 2.35. The van der Waals surface area contributed by atoms with Crippen LogP contribution in [0, 0.1) is 0 Å². The van der Waals surface area contributed by atoms with E-state index in [2.05, 4.69) is 15.9 Å². The van der Waals surface area contributed by atoms with Crippen LogP contribution in [0.3, 0.4) is 0 Å². The summed E-state index contributed by atoms with van der Waals surface area (Å²) < 4.78 is 12.3. The molecular weight excluding hydrogens is 296 g/mol. The van der Waals surface area contributed by atoms with Gasteiger partial charge in [-0.15, -0.1) is 0 Å². The lowest BCUT2D eigenvalue weighted by atomic mass is 9.88. The number of aliphatic hydroxyl groups excluding tert-OH is 1. The maximum absolute atomic E-state index is 10.2. The van der Waals surface area contributed by atoms with E-state index in [-0.39, 0.29) is 0 Å². The van der Waals surface area contributed by atoms with E-state index in [0.717, 1.165) is 34.9 Å². The third-order valence-electron chi connectivity index (χ3n) is 3.17. The normalized spacial score (nSPS) is 18.3. The Labute approximate surface area is 116 Å². The summed E-state index contributed by atoms with van der Waals surface area (Å²) in [6.45, 7) is 5.04. The molecule has 0 unspecified atom stereocenters. The summed E-state index contributed by atoms with van der Waals surface area (Å²) >= 11 is 3.57. The molecule has 0 saturated carbocycles. The quantitative estimate of drug-likeness (QED) is 0.922. The number of hydrogen-bond donors (Lipinski definition) is 1. The number of ether oxygens (including phenoxy) is 2. The third kappa shape index (κ3) is 2.50. The third-order valence-corrected chi connectivity index (χ3v) is 3.87. The van der Waals surface area contributed by atoms with E-state index in [1.165, 1.54) is 0 Å². The zero-order valence-electron chi connectivity index (χ0n) is 10.8. The van der Waals surface area contributed by atoms with Gasteiger partial charge in [0.05, 0.1) is 19.3 Å². The summed E-state index contributed by atoms with van der Waals surface area (Å²) in [5.74, 6) is 1.43. The van der Waals surface area contributed by atoms with E-state index in [4.69, 9.17) is 9.47 Å². The maximum atomic E-state index is 10.2. The molecule has 0 fully saturated rings. The summed E-state index contributed by atoms with van der Waals surface area (Å²) in [6, 6.07) is 1.95. The lowest BCUT2D eigenvalue weighted by molar-refractivity contribution is 0.149. The van der Waals surface area contributed by atoms with E-state index >= 15 is 0 Å². The average molecular weight is 315 g/mol. The van der Waals surface area contributed by atoms with Crippen LogP contribution < -0.4 is 9.47 Å². The van der Waals surface area contributed by atoms with E-state index < -0.39 is 6.10 Å². The molecule has 4 heteroatoms. The molecule has 0 aromatic heterocycles. The van der Waals surface area contributed by atoms with Crippen molar-refractivity contribution >= 4 is 15.9 Å². The molecule has 100 valence electrons. The summed E-state index contributed by atoms with van der Waals surface area (Å²) in [6.07, 6.45) is 2.31. The van der Waals surface area contributed by atoms with Gasteiger partial charge in [0.25, 0.3) is 0 Å². The van der Waals surface area contributed by atoms with Gasteiger partial charge >= 0.3 is 0 Å². The SMILES string of the molecule is CCOc1cc(Br)c2c(c1OCC)[C@H](O)CCC2. The minimum Gasteiger partial charge on any atom is -0.490 e. The first kappa shape index (κ1) is 13.7. The van der Waals surface area contributed by atoms with E-state index in [1.54, 1.807) is 0 Å². The van der Waals surface area contributed by atoms with Gasteiger partial charge in [-0.2, -0.15) is 0 Å². The number of fused-ring (bicyclic) bond motifs is 1. The highest BCUT2D eigenvalue weighted by Crippen LogP contribution is 2.45. The number of aliphatic hydroxyl groups is 1. The Kier molecular flexibility index (Phi) is 4.51. The molecule has 2 rings (SSSR count). The fourth-order valence-corrected chi connectivity index (χ4v) is 3.06. The second kappa shape index (κ2) is 5.93. The molecule has 0 aliphatic heterocycles. The molecule has 1 atom stereocenters. The summed E-state index contributed by atoms with van der Waals surface area (Å²) in [5.41, 5.74) is 2.06. The van der Waals surface area contributed by atoms with Crippen molar-refractivity contribution in [2.75, 3.05) is 13.2 Å². The first-order valence-corrected chi connectivity index (χ1v) is 7.27. The lowest BCUT2D eigenvalue weighted by Gasteiger charge is -2.26. The number of rotatable bonds is 4. The summed E-state index contributed by atoms with van der Waals surface area (Å²) in [7, 11) is 0. The van der Waals surface area contributed by atoms with Crippen molar-refractivity contribution in [1.82, 2.24) is 0 Å². The maximum Gasteiger partial charge on any atom is 0.167 e. The Hall–Kier alpha value is -0.740. The van der Waals surface area contributed by atoms with Crippen molar-refractivity contribution in [2.24, 2.45) is 0 Å². The van der Waals surface area contributed by atoms with E-state index in [1.807, 2.05) is 19.9 Å². The highest BCUT2D eigenvalue weighted by Gasteiger charge is 2.27. The number of hydrogen-bond acceptors (Lipinski definition) is 3. The molecule has 18 heavy (non-hydrogen) atoms. The first-order valence-electron chi connectivity index (χ1n) is 6.47. The molecule has 0 amide bonds. The Bertz CT molecular complexity index is 432. The smallest absolute Gasteiger partial charge is 0.167 e. The van der Waals surface area contributed by atoms with Crippen LogP contribution in [0.15, 0.2) is 10.5 Å². The van der Waals surface area contributed by atoms with Crippen molar-refractivity contribution in [1.29, 1.82) is 0 Å². The predicted molar refractivity (Wildman–Crippen MR) is 74.4 cm³/mol. The van der Waals surface area contributed by atoms with Crippen molar-refractivity contribution in [3.8, 4) is 11.5 Å². The van der Waals surface area contributed by atoms with E-state index in [9.17, 15) is 5.11 Å². The van der Waals surface area contributed by atoms with Gasteiger partial charge in [-0.1, -0.05) is 15.9 Å². The summed E-state index contributed by atoms with van der Waals surface area (Å²) in [5, 5.41) is 10.2. The molecule has 1 aromatic rings. The van der Waals surface area contributed by atoms with Gasteiger partial charge in [0, 0.05) is 10.0 Å². The standard InChI is InChI=1S/C14H19BrO3/c1-3-17-12-8-10(15)9-6-5-7-11(16)13(9)14(12)18-4-2/h8,11,16H,3-7H2,1-2H3/t11-/m1/s1. The van der Waals surface area contributed by atoms with Crippen molar-refractivity contribution in [3.05, 3.63) is 21.7 Å². The Balaban J connectivity index is 2.56. The molecule has 0 radical (unpaired) electrons. The van der Waals surface area contributed by atoms with Crippen LogP contribution in [-0.2, 0) is 6.42 Å². The van der Waals surface area contributed by atoms with Crippen LogP contribution in [0.5, 0.6) is 11.5 Å². The molecule has 0 bridgehead atoms. The van der Waals surface area contributed by atoms with Crippen LogP contribution in [0.1, 0.15) is 43.9 Å². The van der Waals surface area contributed by atoms with Gasteiger partial charge in [0.2, 0.25) is 0 Å². The summed E-state index contributed by atoms with van der Waals surface area (Å²) in [4.78, 5) is 0. The Morgan fingerprint density at radius 1 is 1.33 bits per heavy atom. The minimum atomic E-state index is -0.452. The molecule has 1 N–H and O–H groups in total. The van der Waals surface area contributed by atoms with Gasteiger partial charge in [0.1, 0.15) is 0 Å². The van der Waals surface area contributed by atoms with E-state index in [0.29, 0.717) is 24.7 Å². The van der Waals surface area contributed by atoms with Crippen LogP contribution in [-0.4, -0.2) is 18.3 Å². The molecule has 3 nitrogen and oxygen atoms in total. The highest BCUT2D eigenvalue weighted by molar-refractivity contribution is 9.10. The van der Waals surface area contributed by atoms with Gasteiger partial charge < -0.3 is 14.6 Å². The molecule has 1 aliphatic rings. The second-order valence-electron chi connectivity index (χ2n) is 4.35. The minimum absolute atomic E-state index is 0.452. The van der Waals surface area contributed by atoms with Gasteiger partial charge in [0.15, 0.2) is 11.5 Å². The molecule has 1 aromatic carbocycles. The van der Waals surface area contributed by atoms with Gasteiger partial charge in [-0.3, -0.25) is 0 Å². The van der Waals surface area contributed by atoms with Gasteiger partial charge in [-0.05, 0) is 44.7 Å². The molecule has 0 heterocycles. The second-order valence-corrected chi connectivity index (χ2v) is 5.21. The highest BCUT2D eigenvalue weighted by atomic mass is 79.9. The number of halogens is 1.